The highest BCUT2D eigenvalue weighted by molar-refractivity contribution is 5.85. The molecule has 0 aliphatic carbocycles. The van der Waals surface area contributed by atoms with Gasteiger partial charge in [0.2, 0.25) is 0 Å². The molecule has 17 heavy (non-hydrogen) atoms. The van der Waals surface area contributed by atoms with Gasteiger partial charge in [0, 0.05) is 27.2 Å². The monoisotopic (exact) mass is 236 g/mol. The zero-order chi connectivity index (χ0) is 12.7. The van der Waals surface area contributed by atoms with E-state index in [1.165, 1.54) is 15.2 Å². The van der Waals surface area contributed by atoms with Crippen LogP contribution in [0.3, 0.4) is 0 Å². The number of anilines is 1. The predicted molar refractivity (Wildman–Crippen MR) is 64.4 cm³/mol. The number of aromatic nitrogens is 2. The minimum absolute atomic E-state index is 0.0406. The summed E-state index contributed by atoms with van der Waals surface area (Å²) in [4.78, 5) is 22.1. The van der Waals surface area contributed by atoms with E-state index in [9.17, 15) is 14.9 Å². The van der Waals surface area contributed by atoms with Crippen LogP contribution in [0.15, 0.2) is 16.9 Å². The van der Waals surface area contributed by atoms with Gasteiger partial charge in [0.25, 0.3) is 5.69 Å². The fraction of sp³-hybridized carbons (Fsp3) is 0.300. The SMILES string of the molecule is CNc1cc2c(cc1[N+](=O)[O-])n(C)c(=O)n2C. The van der Waals surface area contributed by atoms with Gasteiger partial charge in [-0.2, -0.15) is 0 Å². The minimum atomic E-state index is -0.469. The Hall–Kier alpha value is -2.31. The van der Waals surface area contributed by atoms with Crippen LogP contribution in [0.4, 0.5) is 11.4 Å². The third kappa shape index (κ3) is 1.47. The highest BCUT2D eigenvalue weighted by atomic mass is 16.6. The molecule has 0 aliphatic heterocycles. The summed E-state index contributed by atoms with van der Waals surface area (Å²) in [6.45, 7) is 0. The normalized spacial score (nSPS) is 10.8. The Kier molecular flexibility index (Phi) is 2.38. The maximum atomic E-state index is 11.7. The number of rotatable bonds is 2. The molecular formula is C10H12N4O3. The Morgan fingerprint density at radius 1 is 1.24 bits per heavy atom. The van der Waals surface area contributed by atoms with Crippen LogP contribution in [0.5, 0.6) is 0 Å². The van der Waals surface area contributed by atoms with E-state index in [2.05, 4.69) is 5.32 Å². The van der Waals surface area contributed by atoms with Crippen LogP contribution in [-0.2, 0) is 14.1 Å². The fourth-order valence-electron chi connectivity index (χ4n) is 1.89. The van der Waals surface area contributed by atoms with Crippen molar-refractivity contribution in [2.45, 2.75) is 0 Å². The molecule has 0 atom stereocenters. The molecule has 0 radical (unpaired) electrons. The third-order valence-corrected chi connectivity index (χ3v) is 2.86. The second kappa shape index (κ2) is 3.62. The molecule has 0 amide bonds. The summed E-state index contributed by atoms with van der Waals surface area (Å²) >= 11 is 0. The lowest BCUT2D eigenvalue weighted by molar-refractivity contribution is -0.383. The first kappa shape index (κ1) is 11.2. The first-order valence-corrected chi connectivity index (χ1v) is 4.99. The topological polar surface area (TPSA) is 82.1 Å². The number of benzene rings is 1. The Bertz CT molecular complexity index is 668. The Balaban J connectivity index is 2.93. The smallest absolute Gasteiger partial charge is 0.328 e. The highest BCUT2D eigenvalue weighted by Gasteiger charge is 2.18. The van der Waals surface area contributed by atoms with Crippen molar-refractivity contribution in [2.75, 3.05) is 12.4 Å². The van der Waals surface area contributed by atoms with Gasteiger partial charge in [-0.05, 0) is 6.07 Å². The molecular weight excluding hydrogens is 224 g/mol. The molecule has 1 aromatic carbocycles. The maximum Gasteiger partial charge on any atom is 0.328 e. The van der Waals surface area contributed by atoms with E-state index in [1.54, 1.807) is 27.2 Å². The van der Waals surface area contributed by atoms with Crippen LogP contribution < -0.4 is 11.0 Å². The van der Waals surface area contributed by atoms with Crippen LogP contribution in [0.1, 0.15) is 0 Å². The van der Waals surface area contributed by atoms with Crippen molar-refractivity contribution in [3.63, 3.8) is 0 Å². The van der Waals surface area contributed by atoms with Crippen molar-refractivity contribution in [2.24, 2.45) is 14.1 Å². The zero-order valence-corrected chi connectivity index (χ0v) is 9.72. The second-order valence-electron chi connectivity index (χ2n) is 3.77. The maximum absolute atomic E-state index is 11.7. The molecule has 0 spiro atoms. The van der Waals surface area contributed by atoms with E-state index >= 15 is 0 Å². The first-order chi connectivity index (χ1) is 7.97. The van der Waals surface area contributed by atoms with Gasteiger partial charge in [0.05, 0.1) is 16.0 Å². The van der Waals surface area contributed by atoms with E-state index in [0.717, 1.165) is 0 Å². The molecule has 0 saturated heterocycles. The van der Waals surface area contributed by atoms with Crippen LogP contribution in [0.25, 0.3) is 11.0 Å². The summed E-state index contributed by atoms with van der Waals surface area (Å²) in [7, 11) is 4.83. The molecule has 0 unspecified atom stereocenters. The van der Waals surface area contributed by atoms with Crippen LogP contribution in [0.2, 0.25) is 0 Å². The summed E-state index contributed by atoms with van der Waals surface area (Å²) in [6, 6.07) is 3.01. The van der Waals surface area contributed by atoms with Gasteiger partial charge in [0.15, 0.2) is 0 Å². The number of nitrogens with one attached hydrogen (secondary N) is 1. The molecule has 2 aromatic rings. The molecule has 0 fully saturated rings. The largest absolute Gasteiger partial charge is 0.383 e. The fourth-order valence-corrected chi connectivity index (χ4v) is 1.89. The molecule has 0 bridgehead atoms. The average Bonchev–Trinajstić information content (AvgIpc) is 2.52. The van der Waals surface area contributed by atoms with Gasteiger partial charge in [-0.1, -0.05) is 0 Å². The summed E-state index contributed by atoms with van der Waals surface area (Å²) in [5.74, 6) is 0. The van der Waals surface area contributed by atoms with Crippen molar-refractivity contribution in [1.29, 1.82) is 0 Å². The Morgan fingerprint density at radius 2 is 1.76 bits per heavy atom. The lowest BCUT2D eigenvalue weighted by Gasteiger charge is -2.03. The lowest BCUT2D eigenvalue weighted by atomic mass is 10.2. The summed E-state index contributed by atoms with van der Waals surface area (Å²) < 4.78 is 2.85. The molecule has 7 nitrogen and oxygen atoms in total. The van der Waals surface area contributed by atoms with Gasteiger partial charge < -0.3 is 5.32 Å². The van der Waals surface area contributed by atoms with Crippen molar-refractivity contribution in [3.05, 3.63) is 32.7 Å². The number of nitrogens with zero attached hydrogens (tertiary/aromatic N) is 3. The molecule has 90 valence electrons. The van der Waals surface area contributed by atoms with Crippen molar-refractivity contribution in [1.82, 2.24) is 9.13 Å². The zero-order valence-electron chi connectivity index (χ0n) is 9.72. The van der Waals surface area contributed by atoms with Gasteiger partial charge in [-0.3, -0.25) is 19.2 Å². The minimum Gasteiger partial charge on any atom is -0.383 e. The number of aryl methyl sites for hydroxylation is 2. The number of hydrogen-bond acceptors (Lipinski definition) is 4. The molecule has 1 aromatic heterocycles. The second-order valence-corrected chi connectivity index (χ2v) is 3.77. The Labute approximate surface area is 96.4 Å². The van der Waals surface area contributed by atoms with E-state index in [4.69, 9.17) is 0 Å². The van der Waals surface area contributed by atoms with Gasteiger partial charge in [-0.25, -0.2) is 4.79 Å². The predicted octanol–water partition coefficient (Wildman–Crippen LogP) is 0.827. The average molecular weight is 236 g/mol. The first-order valence-electron chi connectivity index (χ1n) is 4.99. The van der Waals surface area contributed by atoms with Crippen LogP contribution in [0, 0.1) is 10.1 Å². The lowest BCUT2D eigenvalue weighted by Crippen LogP contribution is -2.19. The molecule has 0 aliphatic rings. The van der Waals surface area contributed by atoms with Crippen LogP contribution in [-0.4, -0.2) is 21.1 Å². The molecule has 7 heteroatoms. The van der Waals surface area contributed by atoms with Gasteiger partial charge >= 0.3 is 5.69 Å². The van der Waals surface area contributed by atoms with Crippen molar-refractivity contribution < 1.29 is 4.92 Å². The van der Waals surface area contributed by atoms with Gasteiger partial charge in [-0.15, -0.1) is 0 Å². The molecule has 0 saturated carbocycles. The van der Waals surface area contributed by atoms with Gasteiger partial charge in [0.1, 0.15) is 5.69 Å². The quantitative estimate of drug-likeness (QED) is 0.618. The van der Waals surface area contributed by atoms with E-state index in [1.807, 2.05) is 0 Å². The Morgan fingerprint density at radius 3 is 2.24 bits per heavy atom. The van der Waals surface area contributed by atoms with E-state index in [-0.39, 0.29) is 11.4 Å². The number of imidazole rings is 1. The van der Waals surface area contributed by atoms with Crippen LogP contribution >= 0.6 is 0 Å². The number of hydrogen-bond donors (Lipinski definition) is 1. The summed E-state index contributed by atoms with van der Waals surface area (Å²) in [5, 5.41) is 13.7. The van der Waals surface area contributed by atoms with E-state index in [0.29, 0.717) is 16.7 Å². The van der Waals surface area contributed by atoms with E-state index < -0.39 is 4.92 Å². The number of fused-ring (bicyclic) bond motifs is 1. The third-order valence-electron chi connectivity index (χ3n) is 2.86. The molecule has 1 N–H and O–H groups in total. The number of nitro benzene ring substituents is 1. The summed E-state index contributed by atoms with van der Waals surface area (Å²) in [6.07, 6.45) is 0. The molecule has 2 rings (SSSR count). The van der Waals surface area contributed by atoms with Crippen molar-refractivity contribution >= 4 is 22.4 Å². The van der Waals surface area contributed by atoms with Crippen molar-refractivity contribution in [3.8, 4) is 0 Å². The summed E-state index contributed by atoms with van der Waals surface area (Å²) in [5.41, 5.74) is 1.35. The highest BCUT2D eigenvalue weighted by Crippen LogP contribution is 2.28. The standard InChI is InChI=1S/C10H12N4O3/c1-11-6-4-8-9(5-7(6)14(16)17)13(3)10(15)12(8)2/h4-5,11H,1-3H3. The number of nitro groups is 1. The molecule has 1 heterocycles.